The Bertz CT molecular complexity index is 582. The molecule has 0 aliphatic rings. The zero-order valence-corrected chi connectivity index (χ0v) is 13.1. The molecule has 0 saturated carbocycles. The standard InChI is InChI=1S/C17H20ClNO2/c1-12(19)14-5-8-17(16(18)11-14)21-10-9-13-3-6-15(20-2)7-4-13/h3-8,11-12H,9-10,19H2,1-2H3. The molecule has 0 aliphatic carbocycles. The zero-order valence-electron chi connectivity index (χ0n) is 12.3. The van der Waals surface area contributed by atoms with E-state index in [1.54, 1.807) is 7.11 Å². The molecule has 0 aliphatic heterocycles. The largest absolute Gasteiger partial charge is 0.497 e. The summed E-state index contributed by atoms with van der Waals surface area (Å²) in [5, 5.41) is 0.597. The molecule has 0 heterocycles. The highest BCUT2D eigenvalue weighted by molar-refractivity contribution is 6.32. The molecular formula is C17H20ClNO2. The van der Waals surface area contributed by atoms with Gasteiger partial charge in [0.1, 0.15) is 11.5 Å². The fourth-order valence-corrected chi connectivity index (χ4v) is 2.23. The summed E-state index contributed by atoms with van der Waals surface area (Å²) in [5.74, 6) is 1.55. The van der Waals surface area contributed by atoms with Crippen LogP contribution >= 0.6 is 11.6 Å². The first-order valence-corrected chi connectivity index (χ1v) is 7.28. The second kappa shape index (κ2) is 7.34. The number of hydrogen-bond acceptors (Lipinski definition) is 3. The Hall–Kier alpha value is -1.71. The van der Waals surface area contributed by atoms with Crippen molar-refractivity contribution in [2.45, 2.75) is 19.4 Å². The molecule has 2 aromatic carbocycles. The highest BCUT2D eigenvalue weighted by atomic mass is 35.5. The molecule has 0 aromatic heterocycles. The lowest BCUT2D eigenvalue weighted by molar-refractivity contribution is 0.322. The van der Waals surface area contributed by atoms with Gasteiger partial charge in [0.25, 0.3) is 0 Å². The summed E-state index contributed by atoms with van der Waals surface area (Å²) < 4.78 is 10.9. The van der Waals surface area contributed by atoms with E-state index in [9.17, 15) is 0 Å². The van der Waals surface area contributed by atoms with E-state index in [1.807, 2.05) is 49.4 Å². The Labute approximate surface area is 130 Å². The third kappa shape index (κ3) is 4.38. The highest BCUT2D eigenvalue weighted by Gasteiger charge is 2.06. The van der Waals surface area contributed by atoms with Crippen LogP contribution in [0, 0.1) is 0 Å². The van der Waals surface area contributed by atoms with Crippen LogP contribution in [-0.4, -0.2) is 13.7 Å². The van der Waals surface area contributed by atoms with Crippen molar-refractivity contribution in [1.82, 2.24) is 0 Å². The van der Waals surface area contributed by atoms with Crippen molar-refractivity contribution >= 4 is 11.6 Å². The second-order valence-corrected chi connectivity index (χ2v) is 5.33. The SMILES string of the molecule is COc1ccc(CCOc2ccc(C(C)N)cc2Cl)cc1. The van der Waals surface area contributed by atoms with Crippen LogP contribution in [0.25, 0.3) is 0 Å². The summed E-state index contributed by atoms with van der Waals surface area (Å²) >= 11 is 6.20. The summed E-state index contributed by atoms with van der Waals surface area (Å²) in [6.45, 7) is 2.50. The lowest BCUT2D eigenvalue weighted by Gasteiger charge is -2.11. The molecule has 0 amide bonds. The molecule has 4 heteroatoms. The number of methoxy groups -OCH3 is 1. The average Bonchev–Trinajstić information content (AvgIpc) is 2.49. The van der Waals surface area contributed by atoms with Gasteiger partial charge in [-0.15, -0.1) is 0 Å². The second-order valence-electron chi connectivity index (χ2n) is 4.93. The molecule has 21 heavy (non-hydrogen) atoms. The molecule has 0 bridgehead atoms. The van der Waals surface area contributed by atoms with Crippen molar-refractivity contribution < 1.29 is 9.47 Å². The summed E-state index contributed by atoms with van der Waals surface area (Å²) in [6.07, 6.45) is 0.815. The van der Waals surface area contributed by atoms with E-state index >= 15 is 0 Å². The first-order chi connectivity index (χ1) is 10.1. The fraction of sp³-hybridized carbons (Fsp3) is 0.294. The number of benzene rings is 2. The maximum Gasteiger partial charge on any atom is 0.137 e. The molecule has 0 spiro atoms. The van der Waals surface area contributed by atoms with E-state index < -0.39 is 0 Å². The Morgan fingerprint density at radius 1 is 1.14 bits per heavy atom. The van der Waals surface area contributed by atoms with Crippen LogP contribution in [0.3, 0.4) is 0 Å². The molecule has 0 radical (unpaired) electrons. The monoisotopic (exact) mass is 305 g/mol. The van der Waals surface area contributed by atoms with Crippen molar-refractivity contribution in [3.8, 4) is 11.5 Å². The summed E-state index contributed by atoms with van der Waals surface area (Å²) in [7, 11) is 1.66. The van der Waals surface area contributed by atoms with Crippen LogP contribution in [0.4, 0.5) is 0 Å². The van der Waals surface area contributed by atoms with Crippen molar-refractivity contribution in [2.75, 3.05) is 13.7 Å². The van der Waals surface area contributed by atoms with Gasteiger partial charge in [0, 0.05) is 12.5 Å². The van der Waals surface area contributed by atoms with E-state index in [2.05, 4.69) is 0 Å². The summed E-state index contributed by atoms with van der Waals surface area (Å²) in [4.78, 5) is 0. The van der Waals surface area contributed by atoms with E-state index in [0.29, 0.717) is 17.4 Å². The average molecular weight is 306 g/mol. The van der Waals surface area contributed by atoms with Crippen LogP contribution < -0.4 is 15.2 Å². The van der Waals surface area contributed by atoms with Crippen molar-refractivity contribution in [2.24, 2.45) is 5.73 Å². The van der Waals surface area contributed by atoms with Gasteiger partial charge in [0.15, 0.2) is 0 Å². The van der Waals surface area contributed by atoms with Gasteiger partial charge < -0.3 is 15.2 Å². The molecule has 3 nitrogen and oxygen atoms in total. The van der Waals surface area contributed by atoms with Gasteiger partial charge in [0.2, 0.25) is 0 Å². The smallest absolute Gasteiger partial charge is 0.137 e. The zero-order chi connectivity index (χ0) is 15.2. The molecule has 2 rings (SSSR count). The molecule has 2 N–H and O–H groups in total. The fourth-order valence-electron chi connectivity index (χ4n) is 1.99. The van der Waals surface area contributed by atoms with Crippen LogP contribution in [0.1, 0.15) is 24.1 Å². The molecular weight excluding hydrogens is 286 g/mol. The lowest BCUT2D eigenvalue weighted by Crippen LogP contribution is -2.06. The normalized spacial score (nSPS) is 12.0. The Morgan fingerprint density at radius 2 is 1.86 bits per heavy atom. The first kappa shape index (κ1) is 15.7. The minimum Gasteiger partial charge on any atom is -0.497 e. The predicted molar refractivity (Wildman–Crippen MR) is 86.2 cm³/mol. The topological polar surface area (TPSA) is 44.5 Å². The van der Waals surface area contributed by atoms with Gasteiger partial charge in [-0.3, -0.25) is 0 Å². The Balaban J connectivity index is 1.90. The summed E-state index contributed by atoms with van der Waals surface area (Å²) in [6, 6.07) is 13.6. The summed E-state index contributed by atoms with van der Waals surface area (Å²) in [5.41, 5.74) is 8.02. The van der Waals surface area contributed by atoms with E-state index in [4.69, 9.17) is 26.8 Å². The molecule has 112 valence electrons. The van der Waals surface area contributed by atoms with E-state index in [1.165, 1.54) is 5.56 Å². The Kier molecular flexibility index (Phi) is 5.48. The van der Waals surface area contributed by atoms with Crippen LogP contribution in [0.5, 0.6) is 11.5 Å². The quantitative estimate of drug-likeness (QED) is 0.877. The number of hydrogen-bond donors (Lipinski definition) is 1. The maximum absolute atomic E-state index is 6.20. The number of nitrogens with two attached hydrogens (primary N) is 1. The Morgan fingerprint density at radius 3 is 2.43 bits per heavy atom. The van der Waals surface area contributed by atoms with Gasteiger partial charge in [-0.05, 0) is 42.3 Å². The number of ether oxygens (including phenoxy) is 2. The minimum absolute atomic E-state index is 0.0316. The molecule has 0 fully saturated rings. The molecule has 1 atom stereocenters. The first-order valence-electron chi connectivity index (χ1n) is 6.91. The van der Waals surface area contributed by atoms with Gasteiger partial charge in [0.05, 0.1) is 18.7 Å². The van der Waals surface area contributed by atoms with Crippen LogP contribution in [0.15, 0.2) is 42.5 Å². The van der Waals surface area contributed by atoms with Gasteiger partial charge in [-0.2, -0.15) is 0 Å². The third-order valence-electron chi connectivity index (χ3n) is 3.29. The minimum atomic E-state index is -0.0316. The van der Waals surface area contributed by atoms with Gasteiger partial charge in [-0.1, -0.05) is 29.8 Å². The van der Waals surface area contributed by atoms with Crippen molar-refractivity contribution in [3.63, 3.8) is 0 Å². The lowest BCUT2D eigenvalue weighted by atomic mass is 10.1. The van der Waals surface area contributed by atoms with Crippen molar-refractivity contribution in [3.05, 3.63) is 58.6 Å². The molecule has 0 saturated heterocycles. The highest BCUT2D eigenvalue weighted by Crippen LogP contribution is 2.27. The number of rotatable bonds is 6. The van der Waals surface area contributed by atoms with Gasteiger partial charge >= 0.3 is 0 Å². The molecule has 2 aromatic rings. The van der Waals surface area contributed by atoms with E-state index in [0.717, 1.165) is 17.7 Å². The predicted octanol–water partition coefficient (Wildman–Crippen LogP) is 3.99. The third-order valence-corrected chi connectivity index (χ3v) is 3.58. The van der Waals surface area contributed by atoms with E-state index in [-0.39, 0.29) is 6.04 Å². The maximum atomic E-state index is 6.20. The van der Waals surface area contributed by atoms with Gasteiger partial charge in [-0.25, -0.2) is 0 Å². The van der Waals surface area contributed by atoms with Crippen LogP contribution in [-0.2, 0) is 6.42 Å². The molecule has 1 unspecified atom stereocenters. The number of halogens is 1. The van der Waals surface area contributed by atoms with Crippen molar-refractivity contribution in [1.29, 1.82) is 0 Å². The van der Waals surface area contributed by atoms with Crippen LogP contribution in [0.2, 0.25) is 5.02 Å².